The Labute approximate surface area is 109 Å². The van der Waals surface area contributed by atoms with Gasteiger partial charge >= 0.3 is 0 Å². The summed E-state index contributed by atoms with van der Waals surface area (Å²) in [7, 11) is 0. The Hall–Kier alpha value is -2.75. The van der Waals surface area contributed by atoms with Crippen LogP contribution in [0.1, 0.15) is 0 Å². The van der Waals surface area contributed by atoms with E-state index in [2.05, 4.69) is 9.97 Å². The third-order valence-corrected chi connectivity index (χ3v) is 2.88. The highest BCUT2D eigenvalue weighted by Crippen LogP contribution is 2.25. The average Bonchev–Trinajstić information content (AvgIpc) is 2.61. The summed E-state index contributed by atoms with van der Waals surface area (Å²) in [4.78, 5) is 20.0. The lowest BCUT2D eigenvalue weighted by atomic mass is 10.1. The molecule has 4 heteroatoms. The SMILES string of the molecule is O=c1ccccc(-c2ccc3cnccc3n2)c1O. The van der Waals surface area contributed by atoms with Crippen LogP contribution in [0, 0.1) is 0 Å². The predicted molar refractivity (Wildman–Crippen MR) is 72.9 cm³/mol. The zero-order valence-corrected chi connectivity index (χ0v) is 9.95. The van der Waals surface area contributed by atoms with Crippen LogP contribution in [0.4, 0.5) is 0 Å². The monoisotopic (exact) mass is 250 g/mol. The first-order valence-corrected chi connectivity index (χ1v) is 5.79. The molecular formula is C15H10N2O2. The lowest BCUT2D eigenvalue weighted by Crippen LogP contribution is -1.95. The van der Waals surface area contributed by atoms with Gasteiger partial charge in [-0.3, -0.25) is 9.78 Å². The number of aromatic nitrogens is 2. The van der Waals surface area contributed by atoms with Gasteiger partial charge in [0.1, 0.15) is 0 Å². The summed E-state index contributed by atoms with van der Waals surface area (Å²) >= 11 is 0. The van der Waals surface area contributed by atoms with Gasteiger partial charge < -0.3 is 5.11 Å². The molecule has 4 nitrogen and oxygen atoms in total. The molecule has 3 rings (SSSR count). The van der Waals surface area contributed by atoms with Crippen molar-refractivity contribution < 1.29 is 5.11 Å². The van der Waals surface area contributed by atoms with Gasteiger partial charge in [0.15, 0.2) is 5.75 Å². The Morgan fingerprint density at radius 3 is 2.74 bits per heavy atom. The minimum atomic E-state index is -0.420. The van der Waals surface area contributed by atoms with Crippen LogP contribution in [0.2, 0.25) is 0 Å². The fraction of sp³-hybridized carbons (Fsp3) is 0. The molecule has 0 aliphatic rings. The fourth-order valence-electron chi connectivity index (χ4n) is 1.91. The number of aromatic hydroxyl groups is 1. The van der Waals surface area contributed by atoms with Gasteiger partial charge in [-0.2, -0.15) is 0 Å². The van der Waals surface area contributed by atoms with Crippen LogP contribution in [0.3, 0.4) is 0 Å². The number of pyridine rings is 2. The first kappa shape index (κ1) is 11.3. The molecule has 0 unspecified atom stereocenters. The molecule has 0 spiro atoms. The van der Waals surface area contributed by atoms with Crippen LogP contribution in [0.5, 0.6) is 5.75 Å². The number of hydrogen-bond acceptors (Lipinski definition) is 4. The summed E-state index contributed by atoms with van der Waals surface area (Å²) < 4.78 is 0. The molecule has 2 aromatic heterocycles. The van der Waals surface area contributed by atoms with Gasteiger partial charge in [-0.25, -0.2) is 4.98 Å². The summed E-state index contributed by atoms with van der Waals surface area (Å²) in [6, 6.07) is 11.7. The Morgan fingerprint density at radius 2 is 1.84 bits per heavy atom. The van der Waals surface area contributed by atoms with Crippen LogP contribution in [-0.4, -0.2) is 15.1 Å². The Balaban J connectivity index is 2.28. The first-order valence-electron chi connectivity index (χ1n) is 5.79. The van der Waals surface area contributed by atoms with Crippen molar-refractivity contribution >= 4 is 10.9 Å². The molecule has 0 aliphatic heterocycles. The molecule has 0 amide bonds. The molecule has 0 saturated heterocycles. The smallest absolute Gasteiger partial charge is 0.220 e. The molecule has 0 fully saturated rings. The van der Waals surface area contributed by atoms with Crippen LogP contribution >= 0.6 is 0 Å². The summed E-state index contributed by atoms with van der Waals surface area (Å²) in [5, 5.41) is 10.8. The maximum atomic E-state index is 11.6. The lowest BCUT2D eigenvalue weighted by molar-refractivity contribution is 0.473. The highest BCUT2D eigenvalue weighted by molar-refractivity contribution is 5.81. The standard InChI is InChI=1S/C15H10N2O2/c18-14-4-2-1-3-11(15(14)19)13-6-5-10-9-16-8-7-12(10)17-13/h1-9H,(H,18,19). The van der Waals surface area contributed by atoms with Crippen molar-refractivity contribution in [3.63, 3.8) is 0 Å². The van der Waals surface area contributed by atoms with Gasteiger partial charge in [-0.1, -0.05) is 12.1 Å². The summed E-state index contributed by atoms with van der Waals surface area (Å²) in [5.41, 5.74) is 1.33. The molecule has 0 bridgehead atoms. The number of hydrogen-bond donors (Lipinski definition) is 1. The molecule has 3 aromatic rings. The van der Waals surface area contributed by atoms with Crippen molar-refractivity contribution in [2.75, 3.05) is 0 Å². The summed E-state index contributed by atoms with van der Waals surface area (Å²) in [6.45, 7) is 0. The second-order valence-electron chi connectivity index (χ2n) is 4.11. The largest absolute Gasteiger partial charge is 0.504 e. The first-order chi connectivity index (χ1) is 9.25. The van der Waals surface area contributed by atoms with E-state index in [4.69, 9.17) is 0 Å². The molecule has 0 aliphatic carbocycles. The van der Waals surface area contributed by atoms with E-state index < -0.39 is 5.43 Å². The van der Waals surface area contributed by atoms with Crippen molar-refractivity contribution in [3.8, 4) is 17.0 Å². The van der Waals surface area contributed by atoms with E-state index in [0.717, 1.165) is 10.9 Å². The minimum Gasteiger partial charge on any atom is -0.504 e. The predicted octanol–water partition coefficient (Wildman–Crippen LogP) is 2.36. The van der Waals surface area contributed by atoms with Crippen LogP contribution in [0.15, 0.2) is 59.7 Å². The van der Waals surface area contributed by atoms with Gasteiger partial charge in [0.25, 0.3) is 0 Å². The molecule has 0 atom stereocenters. The van der Waals surface area contributed by atoms with Crippen molar-refractivity contribution in [2.45, 2.75) is 0 Å². The second kappa shape index (κ2) is 4.49. The van der Waals surface area contributed by atoms with Gasteiger partial charge in [0, 0.05) is 23.3 Å². The molecule has 2 heterocycles. The molecular weight excluding hydrogens is 240 g/mol. The normalized spacial score (nSPS) is 10.5. The van der Waals surface area contributed by atoms with Crippen LogP contribution in [-0.2, 0) is 0 Å². The number of rotatable bonds is 1. The van der Waals surface area contributed by atoms with Crippen molar-refractivity contribution in [2.24, 2.45) is 0 Å². The van der Waals surface area contributed by atoms with E-state index in [1.165, 1.54) is 6.07 Å². The Morgan fingerprint density at radius 1 is 1.00 bits per heavy atom. The summed E-state index contributed by atoms with van der Waals surface area (Å²) in [5.74, 6) is -0.286. The van der Waals surface area contributed by atoms with E-state index in [9.17, 15) is 9.90 Å². The van der Waals surface area contributed by atoms with E-state index in [1.54, 1.807) is 42.7 Å². The van der Waals surface area contributed by atoms with E-state index in [1.807, 2.05) is 6.07 Å². The van der Waals surface area contributed by atoms with Crippen molar-refractivity contribution in [3.05, 3.63) is 65.1 Å². The van der Waals surface area contributed by atoms with Crippen molar-refractivity contribution in [1.29, 1.82) is 0 Å². The Kier molecular flexibility index (Phi) is 2.68. The van der Waals surface area contributed by atoms with E-state index in [0.29, 0.717) is 11.3 Å². The van der Waals surface area contributed by atoms with Crippen molar-refractivity contribution in [1.82, 2.24) is 9.97 Å². The topological polar surface area (TPSA) is 63.1 Å². The zero-order chi connectivity index (χ0) is 13.2. The van der Waals surface area contributed by atoms with Crippen LogP contribution in [0.25, 0.3) is 22.2 Å². The maximum Gasteiger partial charge on any atom is 0.220 e. The fourth-order valence-corrected chi connectivity index (χ4v) is 1.91. The maximum absolute atomic E-state index is 11.6. The molecule has 19 heavy (non-hydrogen) atoms. The Bertz CT molecular complexity index is 816. The molecule has 0 radical (unpaired) electrons. The second-order valence-corrected chi connectivity index (χ2v) is 4.11. The van der Waals surface area contributed by atoms with E-state index >= 15 is 0 Å². The lowest BCUT2D eigenvalue weighted by Gasteiger charge is -2.02. The third-order valence-electron chi connectivity index (χ3n) is 2.88. The highest BCUT2D eigenvalue weighted by atomic mass is 16.3. The van der Waals surface area contributed by atoms with Gasteiger partial charge in [-0.05, 0) is 30.3 Å². The average molecular weight is 250 g/mol. The van der Waals surface area contributed by atoms with Crippen LogP contribution < -0.4 is 5.43 Å². The van der Waals surface area contributed by atoms with Gasteiger partial charge in [0.05, 0.1) is 11.2 Å². The minimum absolute atomic E-state index is 0.286. The highest BCUT2D eigenvalue weighted by Gasteiger charge is 2.07. The quantitative estimate of drug-likeness (QED) is 0.720. The molecule has 1 aromatic carbocycles. The third kappa shape index (κ3) is 2.04. The summed E-state index contributed by atoms with van der Waals surface area (Å²) in [6.07, 6.45) is 3.37. The molecule has 0 saturated carbocycles. The number of nitrogens with zero attached hydrogens (tertiary/aromatic N) is 2. The zero-order valence-electron chi connectivity index (χ0n) is 9.95. The number of fused-ring (bicyclic) bond motifs is 1. The van der Waals surface area contributed by atoms with Gasteiger partial charge in [-0.15, -0.1) is 0 Å². The molecule has 92 valence electrons. The van der Waals surface area contributed by atoms with Gasteiger partial charge in [0.2, 0.25) is 5.43 Å². The van der Waals surface area contributed by atoms with E-state index in [-0.39, 0.29) is 5.75 Å². The molecule has 1 N–H and O–H groups in total.